The van der Waals surface area contributed by atoms with E-state index in [0.717, 1.165) is 41.2 Å². The molecule has 1 atom stereocenters. The predicted molar refractivity (Wildman–Crippen MR) is 135 cm³/mol. The Hall–Kier alpha value is -1.98. The van der Waals surface area contributed by atoms with Crippen molar-refractivity contribution in [3.63, 3.8) is 0 Å². The zero-order chi connectivity index (χ0) is 22.2. The number of aryl methyl sites for hydroxylation is 1. The maximum Gasteiger partial charge on any atom is 0.191 e. The molecule has 1 unspecified atom stereocenters. The Morgan fingerprint density at radius 2 is 1.91 bits per heavy atom. The van der Waals surface area contributed by atoms with Crippen LogP contribution in [0.2, 0.25) is 0 Å². The van der Waals surface area contributed by atoms with Crippen molar-refractivity contribution in [3.05, 3.63) is 58.7 Å². The number of halogens is 2. The first-order valence-electron chi connectivity index (χ1n) is 10.5. The van der Waals surface area contributed by atoms with E-state index in [1.807, 2.05) is 32.2 Å². The van der Waals surface area contributed by atoms with Crippen LogP contribution in [0.15, 0.2) is 35.5 Å². The molecule has 1 aliphatic heterocycles. The van der Waals surface area contributed by atoms with Gasteiger partial charge in [-0.1, -0.05) is 12.1 Å². The first kappa shape index (κ1) is 26.3. The van der Waals surface area contributed by atoms with Crippen molar-refractivity contribution in [3.8, 4) is 5.75 Å². The Balaban J connectivity index is 0.00000363. The van der Waals surface area contributed by atoms with Crippen LogP contribution < -0.4 is 15.4 Å². The van der Waals surface area contributed by atoms with Gasteiger partial charge in [-0.05, 0) is 31.5 Å². The maximum atomic E-state index is 13.4. The minimum atomic E-state index is -0.230. The summed E-state index contributed by atoms with van der Waals surface area (Å²) >= 11 is 0. The van der Waals surface area contributed by atoms with Crippen LogP contribution in [-0.4, -0.2) is 62.8 Å². The molecule has 2 heterocycles. The molecule has 0 spiro atoms. The quantitative estimate of drug-likeness (QED) is 0.310. The summed E-state index contributed by atoms with van der Waals surface area (Å²) < 4.78 is 24.4. The van der Waals surface area contributed by atoms with E-state index in [0.29, 0.717) is 32.3 Å². The number of hydrogen-bond donors (Lipinski definition) is 2. The van der Waals surface area contributed by atoms with E-state index in [-0.39, 0.29) is 35.8 Å². The number of pyridine rings is 1. The van der Waals surface area contributed by atoms with Crippen LogP contribution in [0.4, 0.5) is 4.39 Å². The van der Waals surface area contributed by atoms with E-state index < -0.39 is 0 Å². The fraction of sp³-hybridized carbons (Fsp3) is 0.478. The van der Waals surface area contributed by atoms with Crippen LogP contribution in [0.5, 0.6) is 5.75 Å². The van der Waals surface area contributed by atoms with Gasteiger partial charge in [-0.15, -0.1) is 24.0 Å². The van der Waals surface area contributed by atoms with Crippen molar-refractivity contribution >= 4 is 29.9 Å². The highest BCUT2D eigenvalue weighted by molar-refractivity contribution is 14.0. The van der Waals surface area contributed by atoms with Crippen molar-refractivity contribution in [2.75, 3.05) is 47.0 Å². The lowest BCUT2D eigenvalue weighted by molar-refractivity contribution is 0.0170. The van der Waals surface area contributed by atoms with Gasteiger partial charge in [-0.2, -0.15) is 0 Å². The molecular weight excluding hydrogens is 524 g/mol. The van der Waals surface area contributed by atoms with E-state index >= 15 is 0 Å². The molecule has 0 aliphatic carbocycles. The molecule has 3 rings (SSSR count). The van der Waals surface area contributed by atoms with Crippen molar-refractivity contribution < 1.29 is 13.9 Å². The minimum Gasteiger partial charge on any atom is -0.496 e. The van der Waals surface area contributed by atoms with Crippen molar-refractivity contribution in [1.29, 1.82) is 0 Å². The van der Waals surface area contributed by atoms with Crippen LogP contribution in [0, 0.1) is 19.7 Å². The van der Waals surface area contributed by atoms with E-state index in [4.69, 9.17) is 9.47 Å². The number of ether oxygens (including phenoxy) is 2. The third kappa shape index (κ3) is 6.76. The third-order valence-corrected chi connectivity index (χ3v) is 5.60. The smallest absolute Gasteiger partial charge is 0.191 e. The summed E-state index contributed by atoms with van der Waals surface area (Å²) in [6.07, 6.45) is 1.82. The number of hydrogen-bond acceptors (Lipinski definition) is 5. The van der Waals surface area contributed by atoms with Crippen LogP contribution >= 0.6 is 24.0 Å². The molecule has 0 amide bonds. The third-order valence-electron chi connectivity index (χ3n) is 5.60. The summed E-state index contributed by atoms with van der Waals surface area (Å²) in [5.74, 6) is 1.31. The predicted octanol–water partition coefficient (Wildman–Crippen LogP) is 3.20. The van der Waals surface area contributed by atoms with E-state index in [1.54, 1.807) is 14.2 Å². The molecule has 0 bridgehead atoms. The fourth-order valence-electron chi connectivity index (χ4n) is 3.86. The van der Waals surface area contributed by atoms with Gasteiger partial charge in [-0.25, -0.2) is 4.39 Å². The van der Waals surface area contributed by atoms with Gasteiger partial charge in [0.1, 0.15) is 11.6 Å². The highest BCUT2D eigenvalue weighted by Crippen LogP contribution is 2.24. The minimum absolute atomic E-state index is 0. The molecule has 2 aromatic rings. The molecule has 9 heteroatoms. The van der Waals surface area contributed by atoms with Crippen LogP contribution in [0.1, 0.15) is 28.4 Å². The van der Waals surface area contributed by atoms with E-state index in [1.165, 1.54) is 12.1 Å². The van der Waals surface area contributed by atoms with Gasteiger partial charge < -0.3 is 20.1 Å². The molecule has 1 aromatic carbocycles. The zero-order valence-electron chi connectivity index (χ0n) is 19.2. The zero-order valence-corrected chi connectivity index (χ0v) is 21.5. The van der Waals surface area contributed by atoms with Gasteiger partial charge in [0, 0.05) is 44.0 Å². The summed E-state index contributed by atoms with van der Waals surface area (Å²) in [5, 5.41) is 6.75. The number of benzene rings is 1. The summed E-state index contributed by atoms with van der Waals surface area (Å²) in [7, 11) is 3.42. The standard InChI is InChI=1S/C23H32FN5O2.HI/c1-16-13-26-20(17(2)22(16)30-4)14-27-23(25-3)28-15-21(29-9-11-31-12-10-29)18-5-7-19(24)8-6-18;/h5-8,13,21H,9-12,14-15H2,1-4H3,(H2,25,27,28);1H. The van der Waals surface area contributed by atoms with Crippen LogP contribution in [0.25, 0.3) is 0 Å². The second kappa shape index (κ2) is 12.9. The monoisotopic (exact) mass is 557 g/mol. The Kier molecular flexibility index (Phi) is 10.6. The summed E-state index contributed by atoms with van der Waals surface area (Å²) in [6.45, 7) is 8.22. The van der Waals surface area contributed by atoms with Gasteiger partial charge in [0.15, 0.2) is 5.96 Å². The summed E-state index contributed by atoms with van der Waals surface area (Å²) in [5.41, 5.74) is 4.00. The number of rotatable bonds is 7. The Labute approximate surface area is 206 Å². The van der Waals surface area contributed by atoms with Crippen molar-refractivity contribution in [1.82, 2.24) is 20.5 Å². The largest absolute Gasteiger partial charge is 0.496 e. The van der Waals surface area contributed by atoms with Gasteiger partial charge in [0.05, 0.1) is 38.6 Å². The van der Waals surface area contributed by atoms with Crippen LogP contribution in [0.3, 0.4) is 0 Å². The van der Waals surface area contributed by atoms with Crippen LogP contribution in [-0.2, 0) is 11.3 Å². The lowest BCUT2D eigenvalue weighted by atomic mass is 10.0. The summed E-state index contributed by atoms with van der Waals surface area (Å²) in [4.78, 5) is 11.2. The lowest BCUT2D eigenvalue weighted by Gasteiger charge is -2.35. The summed E-state index contributed by atoms with van der Waals surface area (Å²) in [6, 6.07) is 6.80. The molecule has 2 N–H and O–H groups in total. The Bertz CT molecular complexity index is 889. The molecule has 0 saturated carbocycles. The number of methoxy groups -OCH3 is 1. The molecule has 0 radical (unpaired) electrons. The molecule has 1 saturated heterocycles. The number of aromatic nitrogens is 1. The number of guanidine groups is 1. The molecule has 176 valence electrons. The SMILES string of the molecule is CN=C(NCc1ncc(C)c(OC)c1C)NCC(c1ccc(F)cc1)N1CCOCC1.I. The molecular formula is C23H33FIN5O2. The fourth-order valence-corrected chi connectivity index (χ4v) is 3.86. The lowest BCUT2D eigenvalue weighted by Crippen LogP contribution is -2.46. The number of morpholine rings is 1. The highest BCUT2D eigenvalue weighted by Gasteiger charge is 2.23. The topological polar surface area (TPSA) is 71.0 Å². The highest BCUT2D eigenvalue weighted by atomic mass is 127. The Morgan fingerprint density at radius 3 is 2.53 bits per heavy atom. The number of aliphatic imine (C=N–C) groups is 1. The van der Waals surface area contributed by atoms with Crippen molar-refractivity contribution in [2.24, 2.45) is 4.99 Å². The van der Waals surface area contributed by atoms with Gasteiger partial charge in [-0.3, -0.25) is 14.9 Å². The average Bonchev–Trinajstić information content (AvgIpc) is 2.79. The molecule has 1 aliphatic rings. The molecule has 7 nitrogen and oxygen atoms in total. The van der Waals surface area contributed by atoms with E-state index in [2.05, 4.69) is 25.5 Å². The van der Waals surface area contributed by atoms with Gasteiger partial charge >= 0.3 is 0 Å². The first-order chi connectivity index (χ1) is 15.0. The number of nitrogens with one attached hydrogen (secondary N) is 2. The second-order valence-corrected chi connectivity index (χ2v) is 7.57. The maximum absolute atomic E-state index is 13.4. The second-order valence-electron chi connectivity index (χ2n) is 7.57. The average molecular weight is 557 g/mol. The normalized spacial score (nSPS) is 15.6. The van der Waals surface area contributed by atoms with Gasteiger partial charge in [0.2, 0.25) is 0 Å². The molecule has 32 heavy (non-hydrogen) atoms. The molecule has 1 fully saturated rings. The van der Waals surface area contributed by atoms with Gasteiger partial charge in [0.25, 0.3) is 0 Å². The van der Waals surface area contributed by atoms with Crippen molar-refractivity contribution in [2.45, 2.75) is 26.4 Å². The molecule has 1 aromatic heterocycles. The number of nitrogens with zero attached hydrogens (tertiary/aromatic N) is 3. The first-order valence-corrected chi connectivity index (χ1v) is 10.5. The Morgan fingerprint density at radius 1 is 1.22 bits per heavy atom. The van der Waals surface area contributed by atoms with E-state index in [9.17, 15) is 4.39 Å².